The number of phenols is 1. The van der Waals surface area contributed by atoms with Crippen LogP contribution < -0.4 is 5.43 Å². The number of rotatable bonds is 6. The lowest BCUT2D eigenvalue weighted by molar-refractivity contribution is -0.147. The topological polar surface area (TPSA) is 144 Å². The molecule has 0 bridgehead atoms. The van der Waals surface area contributed by atoms with Crippen molar-refractivity contribution in [1.82, 2.24) is 0 Å². The molecule has 0 amide bonds. The third-order valence-electron chi connectivity index (χ3n) is 7.08. The first-order valence-corrected chi connectivity index (χ1v) is 11.9. The van der Waals surface area contributed by atoms with E-state index in [2.05, 4.69) is 0 Å². The Labute approximate surface area is 205 Å². The molecule has 2 aromatic carbocycles. The predicted octanol–water partition coefficient (Wildman–Crippen LogP) is 4.27. The lowest BCUT2D eigenvalue weighted by Crippen LogP contribution is -2.20. The molecule has 1 aliphatic heterocycles. The molecule has 36 heavy (non-hydrogen) atoms. The van der Waals surface area contributed by atoms with Gasteiger partial charge < -0.3 is 24.1 Å². The first kappa shape index (κ1) is 24.0. The molecule has 1 fully saturated rings. The van der Waals surface area contributed by atoms with E-state index in [4.69, 9.17) is 13.9 Å². The fraction of sp³-hybridized carbons (Fsp3) is 0.407. The molecule has 1 aliphatic carbocycles. The monoisotopic (exact) mass is 494 g/mol. The van der Waals surface area contributed by atoms with Crippen molar-refractivity contribution in [3.05, 3.63) is 50.9 Å². The number of ether oxygens (including phenoxy) is 2. The Bertz CT molecular complexity index is 1520. The number of carboxylic acid groups (broad SMARTS) is 1. The van der Waals surface area contributed by atoms with Crippen LogP contribution >= 0.6 is 0 Å². The third kappa shape index (κ3) is 3.74. The van der Waals surface area contributed by atoms with Crippen LogP contribution in [0.3, 0.4) is 0 Å². The van der Waals surface area contributed by atoms with Crippen LogP contribution in [0.25, 0.3) is 21.7 Å². The molecule has 2 heterocycles. The van der Waals surface area contributed by atoms with E-state index in [-0.39, 0.29) is 63.7 Å². The van der Waals surface area contributed by atoms with Crippen molar-refractivity contribution in [2.75, 3.05) is 0 Å². The van der Waals surface area contributed by atoms with E-state index in [9.17, 15) is 29.4 Å². The number of aromatic hydroxyl groups is 1. The van der Waals surface area contributed by atoms with Gasteiger partial charge in [0.05, 0.1) is 28.9 Å². The Balaban J connectivity index is 1.84. The number of hydrogen-bond donors (Lipinski definition) is 2. The lowest BCUT2D eigenvalue weighted by atomic mass is 9.84. The molecule has 0 saturated carbocycles. The number of fused-ring (bicyclic) bond motifs is 4. The van der Waals surface area contributed by atoms with Crippen LogP contribution in [0.1, 0.15) is 79.8 Å². The quantitative estimate of drug-likeness (QED) is 0.291. The van der Waals surface area contributed by atoms with Gasteiger partial charge >= 0.3 is 11.9 Å². The number of ketones is 1. The number of benzene rings is 2. The maximum atomic E-state index is 13.3. The van der Waals surface area contributed by atoms with E-state index in [0.717, 1.165) is 12.8 Å². The fourth-order valence-corrected chi connectivity index (χ4v) is 5.33. The number of Topliss-reactive ketones (excluding diaryl/α,β-unsaturated/α-hetero) is 1. The van der Waals surface area contributed by atoms with Crippen LogP contribution in [0.4, 0.5) is 0 Å². The molecule has 3 aromatic rings. The smallest absolute Gasteiger partial charge is 0.307 e. The van der Waals surface area contributed by atoms with E-state index in [1.807, 2.05) is 13.8 Å². The molecule has 0 spiro atoms. The number of phenolic OH excluding ortho intramolecular Hbond substituents is 1. The van der Waals surface area contributed by atoms with Gasteiger partial charge in [0.2, 0.25) is 0 Å². The molecule has 0 unspecified atom stereocenters. The summed E-state index contributed by atoms with van der Waals surface area (Å²) in [6.45, 7) is 5.10. The molecule has 1 aromatic heterocycles. The minimum absolute atomic E-state index is 0.000864. The summed E-state index contributed by atoms with van der Waals surface area (Å²) in [4.78, 5) is 49.4. The highest BCUT2D eigenvalue weighted by molar-refractivity contribution is 6.15. The predicted molar refractivity (Wildman–Crippen MR) is 128 cm³/mol. The van der Waals surface area contributed by atoms with Gasteiger partial charge in [-0.15, -0.1) is 0 Å². The van der Waals surface area contributed by atoms with Crippen LogP contribution in [0, 0.1) is 0 Å². The highest BCUT2D eigenvalue weighted by Gasteiger charge is 2.55. The second-order valence-electron chi connectivity index (χ2n) is 9.63. The van der Waals surface area contributed by atoms with Crippen molar-refractivity contribution in [1.29, 1.82) is 0 Å². The SMILES string of the molecule is CCC[C@@H]1O[C@@]1(C)c1cc(=O)c2c(CC(=O)O)cc3cc4c(c(O)c3c2o1)C(=O)CC[C@H]4OC(C)=O. The van der Waals surface area contributed by atoms with Crippen LogP contribution in [0.5, 0.6) is 5.75 Å². The number of carbonyl (C=O) groups excluding carboxylic acids is 2. The summed E-state index contributed by atoms with van der Waals surface area (Å²) in [5.74, 6) is -2.11. The van der Waals surface area contributed by atoms with Crippen molar-refractivity contribution < 1.29 is 38.5 Å². The zero-order chi connectivity index (χ0) is 25.9. The zero-order valence-electron chi connectivity index (χ0n) is 20.2. The Hall–Kier alpha value is -3.72. The number of epoxide rings is 1. The van der Waals surface area contributed by atoms with Gasteiger partial charge in [0.25, 0.3) is 0 Å². The molecule has 9 nitrogen and oxygen atoms in total. The van der Waals surface area contributed by atoms with E-state index in [1.54, 1.807) is 6.07 Å². The Kier molecular flexibility index (Phi) is 5.63. The maximum Gasteiger partial charge on any atom is 0.307 e. The molecule has 2 N–H and O–H groups in total. The van der Waals surface area contributed by atoms with Crippen LogP contribution in [0.15, 0.2) is 27.4 Å². The fourth-order valence-electron chi connectivity index (χ4n) is 5.33. The first-order chi connectivity index (χ1) is 17.0. The van der Waals surface area contributed by atoms with E-state index in [1.165, 1.54) is 19.1 Å². The molecule has 0 radical (unpaired) electrons. The van der Waals surface area contributed by atoms with Crippen LogP contribution in [0.2, 0.25) is 0 Å². The summed E-state index contributed by atoms with van der Waals surface area (Å²) in [5, 5.41) is 21.4. The largest absolute Gasteiger partial charge is 0.506 e. The summed E-state index contributed by atoms with van der Waals surface area (Å²) in [6, 6.07) is 4.41. The van der Waals surface area contributed by atoms with Gasteiger partial charge in [-0.1, -0.05) is 13.3 Å². The average Bonchev–Trinajstić information content (AvgIpc) is 3.45. The average molecular weight is 494 g/mol. The van der Waals surface area contributed by atoms with Crippen molar-refractivity contribution in [2.24, 2.45) is 0 Å². The van der Waals surface area contributed by atoms with E-state index in [0.29, 0.717) is 10.9 Å². The Morgan fingerprint density at radius 2 is 1.94 bits per heavy atom. The van der Waals surface area contributed by atoms with Gasteiger partial charge in [-0.05, 0) is 42.8 Å². The molecule has 2 aliphatic rings. The zero-order valence-corrected chi connectivity index (χ0v) is 20.2. The molecule has 5 rings (SSSR count). The number of esters is 1. The van der Waals surface area contributed by atoms with Gasteiger partial charge in [0.15, 0.2) is 11.2 Å². The summed E-state index contributed by atoms with van der Waals surface area (Å²) in [7, 11) is 0. The second kappa shape index (κ2) is 8.44. The number of hydrogen-bond acceptors (Lipinski definition) is 8. The third-order valence-corrected chi connectivity index (χ3v) is 7.08. The minimum Gasteiger partial charge on any atom is -0.506 e. The molecule has 9 heteroatoms. The number of carbonyl (C=O) groups is 3. The summed E-state index contributed by atoms with van der Waals surface area (Å²) >= 11 is 0. The van der Waals surface area contributed by atoms with Crippen LogP contribution in [-0.2, 0) is 31.1 Å². The molecule has 3 atom stereocenters. The van der Waals surface area contributed by atoms with Crippen molar-refractivity contribution in [3.63, 3.8) is 0 Å². The number of aliphatic carboxylic acids is 1. The van der Waals surface area contributed by atoms with Crippen molar-refractivity contribution in [2.45, 2.75) is 70.7 Å². The van der Waals surface area contributed by atoms with Crippen molar-refractivity contribution in [3.8, 4) is 5.75 Å². The van der Waals surface area contributed by atoms with Gasteiger partial charge in [-0.25, -0.2) is 0 Å². The lowest BCUT2D eigenvalue weighted by Gasteiger charge is -2.26. The first-order valence-electron chi connectivity index (χ1n) is 11.9. The van der Waals surface area contributed by atoms with Gasteiger partial charge in [-0.2, -0.15) is 0 Å². The molecular formula is C27H26O9. The summed E-state index contributed by atoms with van der Waals surface area (Å²) < 4.78 is 17.4. The Morgan fingerprint density at radius 1 is 1.19 bits per heavy atom. The van der Waals surface area contributed by atoms with E-state index >= 15 is 0 Å². The van der Waals surface area contributed by atoms with Crippen LogP contribution in [-0.4, -0.2) is 34.0 Å². The molecule has 188 valence electrons. The number of carboxylic acids is 1. The minimum atomic E-state index is -1.14. The van der Waals surface area contributed by atoms with Crippen molar-refractivity contribution >= 4 is 39.5 Å². The highest BCUT2D eigenvalue weighted by Crippen LogP contribution is 2.50. The van der Waals surface area contributed by atoms with Gasteiger partial charge in [0.1, 0.15) is 28.8 Å². The Morgan fingerprint density at radius 3 is 2.61 bits per heavy atom. The second-order valence-corrected chi connectivity index (χ2v) is 9.63. The molecule has 1 saturated heterocycles. The van der Waals surface area contributed by atoms with E-state index < -0.39 is 35.5 Å². The van der Waals surface area contributed by atoms with Gasteiger partial charge in [-0.3, -0.25) is 19.2 Å². The summed E-state index contributed by atoms with van der Waals surface area (Å²) in [5.41, 5.74) is -0.719. The molecular weight excluding hydrogens is 468 g/mol. The van der Waals surface area contributed by atoms with Gasteiger partial charge in [0, 0.05) is 25.0 Å². The standard InChI is InChI=1S/C27H26O9/c1-4-5-19-27(3,36-19)20-11-17(30)22-14(10-21(31)32)8-13-9-15-18(34-12(2)28)7-6-16(29)24(15)25(33)23(13)26(22)35-20/h8-9,11,18-19,33H,4-7,10H2,1-3H3,(H,31,32)/t18-,19+,27-/m1/s1. The maximum absolute atomic E-state index is 13.3. The highest BCUT2D eigenvalue weighted by atomic mass is 16.6. The summed E-state index contributed by atoms with van der Waals surface area (Å²) in [6.07, 6.45) is 0.649. The normalized spacial score (nSPS) is 23.0.